The fraction of sp³-hybridized carbons (Fsp3) is 0.643. The minimum atomic E-state index is 0.0530. The van der Waals surface area contributed by atoms with Crippen molar-refractivity contribution >= 4 is 0 Å². The van der Waals surface area contributed by atoms with Crippen LogP contribution in [0.25, 0.3) is 0 Å². The van der Waals surface area contributed by atoms with E-state index in [0.29, 0.717) is 6.54 Å². The summed E-state index contributed by atoms with van der Waals surface area (Å²) in [6.45, 7) is 9.85. The van der Waals surface area contributed by atoms with Gasteiger partial charge in [0.2, 0.25) is 0 Å². The van der Waals surface area contributed by atoms with E-state index in [1.165, 1.54) is 0 Å². The third kappa shape index (κ3) is 2.75. The van der Waals surface area contributed by atoms with Gasteiger partial charge >= 0.3 is 0 Å². The molecule has 1 unspecified atom stereocenters. The molecule has 0 aliphatic rings. The molecule has 20 heavy (non-hydrogen) atoms. The smallest absolute Gasteiger partial charge is 0.148 e. The predicted octanol–water partition coefficient (Wildman–Crippen LogP) is 1.96. The average Bonchev–Trinajstić information content (AvgIpc) is 2.96. The van der Waals surface area contributed by atoms with Crippen molar-refractivity contribution in [1.82, 2.24) is 24.5 Å². The lowest BCUT2D eigenvalue weighted by Gasteiger charge is -2.10. The van der Waals surface area contributed by atoms with Gasteiger partial charge in [-0.1, -0.05) is 13.8 Å². The number of nitrogens with two attached hydrogens (primary N) is 1. The lowest BCUT2D eigenvalue weighted by atomic mass is 10.0. The van der Waals surface area contributed by atoms with Gasteiger partial charge in [-0.25, -0.2) is 9.67 Å². The molecule has 0 fully saturated rings. The van der Waals surface area contributed by atoms with Gasteiger partial charge in [-0.15, -0.1) is 0 Å². The first-order chi connectivity index (χ1) is 9.58. The Morgan fingerprint density at radius 1 is 1.25 bits per heavy atom. The molecule has 6 heteroatoms. The maximum atomic E-state index is 6.17. The summed E-state index contributed by atoms with van der Waals surface area (Å²) in [5, 5.41) is 8.86. The van der Waals surface area contributed by atoms with Crippen molar-refractivity contribution in [3.63, 3.8) is 0 Å². The van der Waals surface area contributed by atoms with Crippen molar-refractivity contribution in [2.45, 2.75) is 59.7 Å². The average molecular weight is 276 g/mol. The Morgan fingerprint density at radius 2 is 2.00 bits per heavy atom. The minimum absolute atomic E-state index is 0.0530. The quantitative estimate of drug-likeness (QED) is 0.875. The van der Waals surface area contributed by atoms with Crippen molar-refractivity contribution in [2.75, 3.05) is 0 Å². The maximum absolute atomic E-state index is 6.17. The SMILES string of the molecule is CCCn1ncnc1Cn1nc(C)c(C(N)CC)c1C. The first-order valence-corrected chi connectivity index (χ1v) is 7.24. The number of hydrogen-bond acceptors (Lipinski definition) is 4. The van der Waals surface area contributed by atoms with E-state index in [0.717, 1.165) is 42.2 Å². The second kappa shape index (κ2) is 6.17. The van der Waals surface area contributed by atoms with E-state index < -0.39 is 0 Å². The van der Waals surface area contributed by atoms with Gasteiger partial charge in [0.25, 0.3) is 0 Å². The predicted molar refractivity (Wildman–Crippen MR) is 78.3 cm³/mol. The zero-order chi connectivity index (χ0) is 14.7. The Bertz CT molecular complexity index is 568. The van der Waals surface area contributed by atoms with Crippen LogP contribution in [0.5, 0.6) is 0 Å². The van der Waals surface area contributed by atoms with Crippen LogP contribution in [0.4, 0.5) is 0 Å². The second-order valence-electron chi connectivity index (χ2n) is 5.16. The van der Waals surface area contributed by atoms with E-state index in [1.54, 1.807) is 6.33 Å². The molecule has 0 aliphatic heterocycles. The molecule has 0 spiro atoms. The highest BCUT2D eigenvalue weighted by atomic mass is 15.4. The van der Waals surface area contributed by atoms with Gasteiger partial charge in [0.15, 0.2) is 0 Å². The molecule has 0 saturated carbocycles. The molecule has 2 rings (SSSR count). The topological polar surface area (TPSA) is 74.5 Å². The van der Waals surface area contributed by atoms with Crippen LogP contribution in [0, 0.1) is 13.8 Å². The molecule has 2 N–H and O–H groups in total. The first-order valence-electron chi connectivity index (χ1n) is 7.24. The number of aryl methyl sites for hydroxylation is 2. The number of hydrogen-bond donors (Lipinski definition) is 1. The van der Waals surface area contributed by atoms with Crippen LogP contribution < -0.4 is 5.73 Å². The van der Waals surface area contributed by atoms with Crippen molar-refractivity contribution < 1.29 is 0 Å². The standard InChI is InChI=1S/C14H24N6/c1-5-7-19-13(16-9-17-19)8-20-11(4)14(10(3)18-20)12(15)6-2/h9,12H,5-8,15H2,1-4H3. The summed E-state index contributed by atoms with van der Waals surface area (Å²) in [7, 11) is 0. The Kier molecular flexibility index (Phi) is 4.54. The van der Waals surface area contributed by atoms with Gasteiger partial charge in [0.05, 0.1) is 5.69 Å². The minimum Gasteiger partial charge on any atom is -0.324 e. The summed E-state index contributed by atoms with van der Waals surface area (Å²) < 4.78 is 3.92. The van der Waals surface area contributed by atoms with Crippen LogP contribution in [-0.2, 0) is 13.1 Å². The molecule has 0 aromatic carbocycles. The van der Waals surface area contributed by atoms with Crippen LogP contribution in [0.2, 0.25) is 0 Å². The normalized spacial score (nSPS) is 12.8. The summed E-state index contributed by atoms with van der Waals surface area (Å²) >= 11 is 0. The molecule has 2 heterocycles. The lowest BCUT2D eigenvalue weighted by molar-refractivity contribution is 0.533. The summed E-state index contributed by atoms with van der Waals surface area (Å²) in [6.07, 6.45) is 3.56. The fourth-order valence-corrected chi connectivity index (χ4v) is 2.55. The van der Waals surface area contributed by atoms with E-state index in [9.17, 15) is 0 Å². The molecular weight excluding hydrogens is 252 g/mol. The van der Waals surface area contributed by atoms with Gasteiger partial charge < -0.3 is 5.73 Å². The Hall–Kier alpha value is -1.69. The maximum Gasteiger partial charge on any atom is 0.148 e. The molecule has 0 aliphatic carbocycles. The summed E-state index contributed by atoms with van der Waals surface area (Å²) in [5.41, 5.74) is 9.48. The fourth-order valence-electron chi connectivity index (χ4n) is 2.55. The van der Waals surface area contributed by atoms with Gasteiger partial charge in [-0.3, -0.25) is 4.68 Å². The second-order valence-corrected chi connectivity index (χ2v) is 5.16. The number of nitrogens with zero attached hydrogens (tertiary/aromatic N) is 5. The van der Waals surface area contributed by atoms with Gasteiger partial charge in [0.1, 0.15) is 18.7 Å². The number of aromatic nitrogens is 5. The van der Waals surface area contributed by atoms with Crippen molar-refractivity contribution in [3.8, 4) is 0 Å². The molecule has 0 amide bonds. The van der Waals surface area contributed by atoms with E-state index in [4.69, 9.17) is 5.73 Å². The summed E-state index contributed by atoms with van der Waals surface area (Å²) in [4.78, 5) is 4.33. The van der Waals surface area contributed by atoms with Crippen LogP contribution in [-0.4, -0.2) is 24.5 Å². The molecule has 1 atom stereocenters. The highest BCUT2D eigenvalue weighted by Crippen LogP contribution is 2.22. The Morgan fingerprint density at radius 3 is 2.65 bits per heavy atom. The van der Waals surface area contributed by atoms with E-state index in [-0.39, 0.29) is 6.04 Å². The third-order valence-corrected chi connectivity index (χ3v) is 3.67. The van der Waals surface area contributed by atoms with Crippen molar-refractivity contribution in [1.29, 1.82) is 0 Å². The van der Waals surface area contributed by atoms with E-state index >= 15 is 0 Å². The highest BCUT2D eigenvalue weighted by Gasteiger charge is 2.17. The number of rotatable bonds is 6. The van der Waals surface area contributed by atoms with E-state index in [1.807, 2.05) is 16.3 Å². The summed E-state index contributed by atoms with van der Waals surface area (Å²) in [6, 6.07) is 0.0530. The highest BCUT2D eigenvalue weighted by molar-refractivity contribution is 5.28. The van der Waals surface area contributed by atoms with Crippen LogP contribution in [0.1, 0.15) is 55.5 Å². The molecule has 110 valence electrons. The molecule has 0 radical (unpaired) electrons. The van der Waals surface area contributed by atoms with Crippen LogP contribution in [0.3, 0.4) is 0 Å². The van der Waals surface area contributed by atoms with Crippen LogP contribution in [0.15, 0.2) is 6.33 Å². The van der Waals surface area contributed by atoms with Crippen molar-refractivity contribution in [2.24, 2.45) is 5.73 Å². The molecule has 0 saturated heterocycles. The third-order valence-electron chi connectivity index (χ3n) is 3.67. The lowest BCUT2D eigenvalue weighted by Crippen LogP contribution is -2.13. The largest absolute Gasteiger partial charge is 0.324 e. The molecular formula is C14H24N6. The van der Waals surface area contributed by atoms with Gasteiger partial charge in [0, 0.05) is 23.8 Å². The van der Waals surface area contributed by atoms with Crippen molar-refractivity contribution in [3.05, 3.63) is 29.1 Å². The molecule has 0 bridgehead atoms. The summed E-state index contributed by atoms with van der Waals surface area (Å²) in [5.74, 6) is 0.939. The van der Waals surface area contributed by atoms with Crippen LogP contribution >= 0.6 is 0 Å². The monoisotopic (exact) mass is 276 g/mol. The molecule has 2 aromatic heterocycles. The first kappa shape index (κ1) is 14.7. The molecule has 2 aromatic rings. The van der Waals surface area contributed by atoms with Gasteiger partial charge in [-0.05, 0) is 26.7 Å². The van der Waals surface area contributed by atoms with Gasteiger partial charge in [-0.2, -0.15) is 10.2 Å². The zero-order valence-electron chi connectivity index (χ0n) is 12.8. The Balaban J connectivity index is 2.28. The van der Waals surface area contributed by atoms with E-state index in [2.05, 4.69) is 36.0 Å². The molecule has 6 nitrogen and oxygen atoms in total. The Labute approximate surface area is 120 Å². The zero-order valence-corrected chi connectivity index (χ0v) is 12.8.